The van der Waals surface area contributed by atoms with Crippen LogP contribution < -0.4 is 9.52 Å². The van der Waals surface area contributed by atoms with Crippen molar-refractivity contribution in [2.24, 2.45) is 12.0 Å². The summed E-state index contributed by atoms with van der Waals surface area (Å²) in [6, 6.07) is 19.0. The summed E-state index contributed by atoms with van der Waals surface area (Å²) in [4.78, 5) is 17.8. The quantitative estimate of drug-likeness (QED) is 0.466. The Kier molecular flexibility index (Phi) is 5.99. The van der Waals surface area contributed by atoms with E-state index in [0.29, 0.717) is 16.1 Å². The first-order valence-electron chi connectivity index (χ1n) is 10.1. The number of sulfonamides is 1. The van der Waals surface area contributed by atoms with Gasteiger partial charge in [0.2, 0.25) is 0 Å². The molecule has 164 valence electrons. The van der Waals surface area contributed by atoms with E-state index in [1.54, 1.807) is 48.5 Å². The highest BCUT2D eigenvalue weighted by molar-refractivity contribution is 7.92. The minimum absolute atomic E-state index is 0.182. The summed E-state index contributed by atoms with van der Waals surface area (Å²) >= 11 is 1.47. The van der Waals surface area contributed by atoms with Crippen LogP contribution in [0, 0.1) is 6.92 Å². The van der Waals surface area contributed by atoms with Gasteiger partial charge in [0.05, 0.1) is 15.1 Å². The fraction of sp³-hybridized carbons (Fsp3) is 0.167. The third kappa shape index (κ3) is 4.37. The summed E-state index contributed by atoms with van der Waals surface area (Å²) in [7, 11) is -1.79. The number of aryl methyl sites for hydroxylation is 3. The monoisotopic (exact) mass is 465 g/mol. The normalized spacial score (nSPS) is 12.3. The number of carbonyl (C=O) groups is 1. The van der Waals surface area contributed by atoms with Crippen LogP contribution in [0.2, 0.25) is 0 Å². The molecule has 0 atom stereocenters. The zero-order valence-corrected chi connectivity index (χ0v) is 19.6. The lowest BCUT2D eigenvalue weighted by Gasteiger charge is -2.08. The second kappa shape index (κ2) is 8.72. The van der Waals surface area contributed by atoms with Crippen LogP contribution in [-0.4, -0.2) is 18.9 Å². The van der Waals surface area contributed by atoms with Gasteiger partial charge < -0.3 is 4.57 Å². The van der Waals surface area contributed by atoms with E-state index in [9.17, 15) is 13.2 Å². The molecule has 0 aliphatic carbocycles. The molecule has 0 unspecified atom stereocenters. The molecule has 0 aliphatic rings. The summed E-state index contributed by atoms with van der Waals surface area (Å²) in [6.07, 6.45) is 0.898. The first-order valence-corrected chi connectivity index (χ1v) is 12.4. The zero-order valence-electron chi connectivity index (χ0n) is 18.0. The molecule has 0 bridgehead atoms. The molecule has 4 rings (SSSR count). The van der Waals surface area contributed by atoms with E-state index < -0.39 is 10.0 Å². The number of nitrogens with one attached hydrogen (secondary N) is 1. The van der Waals surface area contributed by atoms with Gasteiger partial charge in [0.1, 0.15) is 0 Å². The molecule has 0 radical (unpaired) electrons. The molecule has 32 heavy (non-hydrogen) atoms. The van der Waals surface area contributed by atoms with Crippen LogP contribution in [0.15, 0.2) is 76.6 Å². The van der Waals surface area contributed by atoms with Gasteiger partial charge in [-0.2, -0.15) is 4.99 Å². The SMILES string of the molecule is CCc1cccc2sc(=NC(=O)c3ccc(NS(=O)(=O)c4ccc(C)cc4)cc3)n(C)c12. The van der Waals surface area contributed by atoms with Gasteiger partial charge >= 0.3 is 0 Å². The maximum absolute atomic E-state index is 12.7. The van der Waals surface area contributed by atoms with Gasteiger partial charge in [-0.05, 0) is 61.4 Å². The van der Waals surface area contributed by atoms with Crippen molar-refractivity contribution in [3.8, 4) is 0 Å². The average molecular weight is 466 g/mol. The third-order valence-corrected chi connectivity index (χ3v) is 7.69. The number of fused-ring (bicyclic) bond motifs is 1. The highest BCUT2D eigenvalue weighted by Crippen LogP contribution is 2.21. The Morgan fingerprint density at radius 1 is 1.03 bits per heavy atom. The van der Waals surface area contributed by atoms with Gasteiger partial charge in [-0.25, -0.2) is 8.42 Å². The molecule has 0 aliphatic heterocycles. The lowest BCUT2D eigenvalue weighted by Crippen LogP contribution is -2.14. The molecule has 1 amide bonds. The average Bonchev–Trinajstić information content (AvgIpc) is 3.09. The van der Waals surface area contributed by atoms with Crippen LogP contribution in [0.4, 0.5) is 5.69 Å². The molecule has 8 heteroatoms. The first-order chi connectivity index (χ1) is 15.3. The third-order valence-electron chi connectivity index (χ3n) is 5.20. The fourth-order valence-electron chi connectivity index (χ4n) is 3.44. The van der Waals surface area contributed by atoms with Crippen LogP contribution in [0.5, 0.6) is 0 Å². The molecule has 0 spiro atoms. The van der Waals surface area contributed by atoms with Gasteiger partial charge in [0.25, 0.3) is 15.9 Å². The first kappa shape index (κ1) is 22.0. The minimum atomic E-state index is -3.70. The molecule has 3 aromatic carbocycles. The Morgan fingerprint density at radius 3 is 2.38 bits per heavy atom. The molecule has 1 heterocycles. The van der Waals surface area contributed by atoms with E-state index in [1.165, 1.54) is 16.9 Å². The second-order valence-electron chi connectivity index (χ2n) is 7.47. The van der Waals surface area contributed by atoms with E-state index in [-0.39, 0.29) is 10.8 Å². The van der Waals surface area contributed by atoms with E-state index in [1.807, 2.05) is 30.7 Å². The summed E-state index contributed by atoms with van der Waals surface area (Å²) in [5, 5.41) is 0. The molecule has 0 fully saturated rings. The Morgan fingerprint density at radius 2 is 1.72 bits per heavy atom. The lowest BCUT2D eigenvalue weighted by atomic mass is 10.1. The Balaban J connectivity index is 1.58. The lowest BCUT2D eigenvalue weighted by molar-refractivity contribution is 0.0998. The number of hydrogen-bond acceptors (Lipinski definition) is 4. The summed E-state index contributed by atoms with van der Waals surface area (Å²) in [5.41, 5.74) is 4.04. The van der Waals surface area contributed by atoms with E-state index in [4.69, 9.17) is 0 Å². The number of nitrogens with zero attached hydrogens (tertiary/aromatic N) is 2. The number of amides is 1. The number of anilines is 1. The van der Waals surface area contributed by atoms with Crippen LogP contribution in [0.25, 0.3) is 10.2 Å². The number of carbonyl (C=O) groups excluding carboxylic acids is 1. The van der Waals surface area contributed by atoms with Crippen molar-refractivity contribution < 1.29 is 13.2 Å². The number of thiazole rings is 1. The number of hydrogen-bond donors (Lipinski definition) is 1. The number of aromatic nitrogens is 1. The molecule has 0 saturated heterocycles. The van der Waals surface area contributed by atoms with E-state index in [0.717, 1.165) is 22.2 Å². The van der Waals surface area contributed by atoms with Crippen molar-refractivity contribution in [3.63, 3.8) is 0 Å². The van der Waals surface area contributed by atoms with Crippen LogP contribution in [0.1, 0.15) is 28.4 Å². The number of rotatable bonds is 5. The van der Waals surface area contributed by atoms with E-state index in [2.05, 4.69) is 22.7 Å². The van der Waals surface area contributed by atoms with Gasteiger partial charge in [0, 0.05) is 18.3 Å². The smallest absolute Gasteiger partial charge is 0.279 e. The second-order valence-corrected chi connectivity index (χ2v) is 10.2. The van der Waals surface area contributed by atoms with E-state index >= 15 is 0 Å². The Bertz CT molecular complexity index is 1460. The van der Waals surface area contributed by atoms with Crippen molar-refractivity contribution in [2.75, 3.05) is 4.72 Å². The predicted molar refractivity (Wildman–Crippen MR) is 128 cm³/mol. The summed E-state index contributed by atoms with van der Waals surface area (Å²) in [5.74, 6) is -0.377. The number of benzene rings is 3. The molecule has 4 aromatic rings. The molecular weight excluding hydrogens is 442 g/mol. The fourth-order valence-corrected chi connectivity index (χ4v) is 5.56. The Labute approximate surface area is 190 Å². The van der Waals surface area contributed by atoms with Crippen molar-refractivity contribution in [1.29, 1.82) is 0 Å². The van der Waals surface area contributed by atoms with Gasteiger partial charge in [0.15, 0.2) is 4.80 Å². The zero-order chi connectivity index (χ0) is 22.9. The van der Waals surface area contributed by atoms with Crippen molar-refractivity contribution in [3.05, 3.63) is 88.2 Å². The Hall–Kier alpha value is -3.23. The minimum Gasteiger partial charge on any atom is -0.319 e. The van der Waals surface area contributed by atoms with Crippen LogP contribution in [0.3, 0.4) is 0 Å². The summed E-state index contributed by atoms with van der Waals surface area (Å²) in [6.45, 7) is 4.00. The number of para-hydroxylation sites is 1. The summed E-state index contributed by atoms with van der Waals surface area (Å²) < 4.78 is 30.7. The molecule has 6 nitrogen and oxygen atoms in total. The van der Waals surface area contributed by atoms with Crippen molar-refractivity contribution in [1.82, 2.24) is 4.57 Å². The highest BCUT2D eigenvalue weighted by Gasteiger charge is 2.14. The van der Waals surface area contributed by atoms with Crippen molar-refractivity contribution in [2.45, 2.75) is 25.2 Å². The van der Waals surface area contributed by atoms with Crippen LogP contribution in [-0.2, 0) is 23.5 Å². The maximum Gasteiger partial charge on any atom is 0.279 e. The molecule has 1 aromatic heterocycles. The highest BCUT2D eigenvalue weighted by atomic mass is 32.2. The maximum atomic E-state index is 12.7. The van der Waals surface area contributed by atoms with Gasteiger partial charge in [-0.3, -0.25) is 9.52 Å². The molecular formula is C24H23N3O3S2. The van der Waals surface area contributed by atoms with Crippen LogP contribution >= 0.6 is 11.3 Å². The van der Waals surface area contributed by atoms with Gasteiger partial charge in [-0.15, -0.1) is 0 Å². The standard InChI is InChI=1S/C24H23N3O3S2/c1-4-17-6-5-7-21-22(17)27(3)24(31-21)25-23(28)18-10-12-19(13-11-18)26-32(29,30)20-14-8-16(2)9-15-20/h5-15,26H,4H2,1-3H3. The topological polar surface area (TPSA) is 80.5 Å². The van der Waals surface area contributed by atoms with Gasteiger partial charge in [-0.1, -0.05) is 48.1 Å². The predicted octanol–water partition coefficient (Wildman–Crippen LogP) is 4.65. The molecule has 0 saturated carbocycles. The van der Waals surface area contributed by atoms with Crippen molar-refractivity contribution >= 4 is 43.2 Å². The molecule has 1 N–H and O–H groups in total. The largest absolute Gasteiger partial charge is 0.319 e.